The van der Waals surface area contributed by atoms with E-state index in [1.807, 2.05) is 34.9 Å². The fraction of sp³-hybridized carbons (Fsp3) is 0.208. The molecule has 2 aromatic heterocycles. The second-order valence-corrected chi connectivity index (χ2v) is 7.48. The highest BCUT2D eigenvalue weighted by Crippen LogP contribution is 2.25. The van der Waals surface area contributed by atoms with Crippen LogP contribution in [0.15, 0.2) is 53.3 Å². The van der Waals surface area contributed by atoms with Gasteiger partial charge in [0, 0.05) is 13.0 Å². The van der Waals surface area contributed by atoms with Crippen LogP contribution in [0.25, 0.3) is 22.2 Å². The number of nitriles is 1. The predicted octanol–water partition coefficient (Wildman–Crippen LogP) is 3.75. The van der Waals surface area contributed by atoms with Gasteiger partial charge in [0.1, 0.15) is 22.9 Å². The van der Waals surface area contributed by atoms with Crippen molar-refractivity contribution in [3.63, 3.8) is 0 Å². The summed E-state index contributed by atoms with van der Waals surface area (Å²) in [7, 11) is 0. The number of aromatic nitrogens is 4. The molecule has 4 aromatic rings. The summed E-state index contributed by atoms with van der Waals surface area (Å²) in [5.74, 6) is -0.242. The molecule has 0 amide bonds. The summed E-state index contributed by atoms with van der Waals surface area (Å²) in [6.45, 7) is 2.48. The molecule has 8 nitrogen and oxygen atoms in total. The van der Waals surface area contributed by atoms with Gasteiger partial charge in [-0.05, 0) is 29.2 Å². The van der Waals surface area contributed by atoms with Gasteiger partial charge in [-0.25, -0.2) is 14.9 Å². The van der Waals surface area contributed by atoms with Crippen molar-refractivity contribution in [2.75, 3.05) is 0 Å². The maximum absolute atomic E-state index is 12.5. The normalized spacial score (nSPS) is 10.9. The van der Waals surface area contributed by atoms with Gasteiger partial charge >= 0.3 is 5.97 Å². The zero-order chi connectivity index (χ0) is 22.7. The number of carboxylic acids is 1. The summed E-state index contributed by atoms with van der Waals surface area (Å²) in [5.41, 5.74) is 2.96. The maximum Gasteiger partial charge on any atom is 0.336 e. The SMILES string of the molecule is CCCCc1nc2c(C#N)n[nH]c(=O)c2n1Cc1ccc(-c2ccccc2C(=O)O)cc1. The second kappa shape index (κ2) is 8.86. The van der Waals surface area contributed by atoms with E-state index in [1.54, 1.807) is 24.3 Å². The molecular weight excluding hydrogens is 406 g/mol. The number of hydrogen-bond acceptors (Lipinski definition) is 5. The molecular formula is C24H21N5O3. The third kappa shape index (κ3) is 3.88. The molecule has 0 aliphatic rings. The van der Waals surface area contributed by atoms with Crippen LogP contribution in [0.4, 0.5) is 0 Å². The van der Waals surface area contributed by atoms with E-state index in [9.17, 15) is 20.0 Å². The number of aryl methyl sites for hydroxylation is 1. The lowest BCUT2D eigenvalue weighted by molar-refractivity contribution is 0.0697. The minimum atomic E-state index is -0.976. The summed E-state index contributed by atoms with van der Waals surface area (Å²) in [6.07, 6.45) is 2.56. The largest absolute Gasteiger partial charge is 0.478 e. The van der Waals surface area contributed by atoms with E-state index in [-0.39, 0.29) is 16.8 Å². The molecule has 2 heterocycles. The minimum Gasteiger partial charge on any atom is -0.478 e. The van der Waals surface area contributed by atoms with E-state index in [2.05, 4.69) is 22.1 Å². The van der Waals surface area contributed by atoms with Crippen LogP contribution in [0.5, 0.6) is 0 Å². The lowest BCUT2D eigenvalue weighted by atomic mass is 9.99. The molecule has 0 aliphatic carbocycles. The average Bonchev–Trinajstić information content (AvgIpc) is 3.17. The number of nitrogens with zero attached hydrogens (tertiary/aromatic N) is 4. The Morgan fingerprint density at radius 2 is 1.94 bits per heavy atom. The van der Waals surface area contributed by atoms with Gasteiger partial charge in [-0.1, -0.05) is 55.8 Å². The highest BCUT2D eigenvalue weighted by atomic mass is 16.4. The zero-order valence-corrected chi connectivity index (χ0v) is 17.5. The first kappa shape index (κ1) is 21.0. The van der Waals surface area contributed by atoms with Crippen molar-refractivity contribution >= 4 is 17.0 Å². The molecule has 0 spiro atoms. The molecule has 2 N–H and O–H groups in total. The first-order valence-electron chi connectivity index (χ1n) is 10.3. The molecule has 0 fully saturated rings. The third-order valence-electron chi connectivity index (χ3n) is 5.38. The van der Waals surface area contributed by atoms with Crippen LogP contribution in [0.2, 0.25) is 0 Å². The summed E-state index contributed by atoms with van der Waals surface area (Å²) in [4.78, 5) is 28.6. The number of nitrogens with one attached hydrogen (secondary N) is 1. The van der Waals surface area contributed by atoms with E-state index in [4.69, 9.17) is 0 Å². The Balaban J connectivity index is 1.75. The van der Waals surface area contributed by atoms with Crippen LogP contribution < -0.4 is 5.56 Å². The predicted molar refractivity (Wildman–Crippen MR) is 119 cm³/mol. The molecule has 4 rings (SSSR count). The standard InChI is InChI=1S/C24H21N5O3/c1-2-3-8-20-26-21-19(13-25)27-28-23(30)22(21)29(20)14-15-9-11-16(12-10-15)17-6-4-5-7-18(17)24(31)32/h4-7,9-12H,2-3,8,14H2,1H3,(H,28,30)(H,31,32). The van der Waals surface area contributed by atoms with E-state index in [1.165, 1.54) is 0 Å². The van der Waals surface area contributed by atoms with Gasteiger partial charge in [0.2, 0.25) is 0 Å². The third-order valence-corrected chi connectivity index (χ3v) is 5.38. The van der Waals surface area contributed by atoms with Crippen molar-refractivity contribution in [2.24, 2.45) is 0 Å². The van der Waals surface area contributed by atoms with Crippen molar-refractivity contribution in [1.82, 2.24) is 19.7 Å². The number of aromatic carboxylic acids is 1. The van der Waals surface area contributed by atoms with Gasteiger partial charge in [-0.2, -0.15) is 10.4 Å². The number of rotatable bonds is 7. The molecule has 0 aliphatic heterocycles. The van der Waals surface area contributed by atoms with Crippen molar-refractivity contribution in [2.45, 2.75) is 32.7 Å². The van der Waals surface area contributed by atoms with E-state index in [0.717, 1.165) is 29.8 Å². The van der Waals surface area contributed by atoms with Crippen molar-refractivity contribution in [3.05, 3.63) is 81.5 Å². The van der Waals surface area contributed by atoms with E-state index in [0.29, 0.717) is 29.6 Å². The Morgan fingerprint density at radius 1 is 1.19 bits per heavy atom. The van der Waals surface area contributed by atoms with Crippen LogP contribution in [0, 0.1) is 11.3 Å². The van der Waals surface area contributed by atoms with Gasteiger partial charge < -0.3 is 9.67 Å². The summed E-state index contributed by atoms with van der Waals surface area (Å²) < 4.78 is 1.84. The van der Waals surface area contributed by atoms with Gasteiger partial charge in [-0.3, -0.25) is 4.79 Å². The first-order valence-corrected chi connectivity index (χ1v) is 10.3. The highest BCUT2D eigenvalue weighted by molar-refractivity contribution is 5.96. The van der Waals surface area contributed by atoms with Gasteiger partial charge in [0.15, 0.2) is 5.69 Å². The molecule has 32 heavy (non-hydrogen) atoms. The monoisotopic (exact) mass is 427 g/mol. The van der Waals surface area contributed by atoms with Gasteiger partial charge in [-0.15, -0.1) is 0 Å². The van der Waals surface area contributed by atoms with E-state index < -0.39 is 5.97 Å². The summed E-state index contributed by atoms with van der Waals surface area (Å²) in [6, 6.07) is 16.4. The quantitative estimate of drug-likeness (QED) is 0.463. The molecule has 0 saturated heterocycles. The lowest BCUT2D eigenvalue weighted by Crippen LogP contribution is -2.15. The molecule has 8 heteroatoms. The molecule has 0 radical (unpaired) electrons. The Labute approximate surface area is 183 Å². The van der Waals surface area contributed by atoms with Crippen LogP contribution in [0.1, 0.15) is 47.2 Å². The molecule has 0 saturated carbocycles. The lowest BCUT2D eigenvalue weighted by Gasteiger charge is -2.11. The van der Waals surface area contributed by atoms with Gasteiger partial charge in [0.05, 0.1) is 5.56 Å². The highest BCUT2D eigenvalue weighted by Gasteiger charge is 2.18. The van der Waals surface area contributed by atoms with Crippen molar-refractivity contribution < 1.29 is 9.90 Å². The number of imidazole rings is 1. The van der Waals surface area contributed by atoms with Crippen LogP contribution in [-0.4, -0.2) is 30.8 Å². The molecule has 0 atom stereocenters. The van der Waals surface area contributed by atoms with Gasteiger partial charge in [0.25, 0.3) is 5.56 Å². The Bertz CT molecular complexity index is 1390. The molecule has 0 bridgehead atoms. The fourth-order valence-electron chi connectivity index (χ4n) is 3.77. The van der Waals surface area contributed by atoms with E-state index >= 15 is 0 Å². The number of carbonyl (C=O) groups is 1. The maximum atomic E-state index is 12.5. The first-order chi connectivity index (χ1) is 15.5. The van der Waals surface area contributed by atoms with Crippen molar-refractivity contribution in [3.8, 4) is 17.2 Å². The average molecular weight is 427 g/mol. The number of hydrogen-bond donors (Lipinski definition) is 2. The van der Waals surface area contributed by atoms with Crippen LogP contribution >= 0.6 is 0 Å². The number of aromatic amines is 1. The second-order valence-electron chi connectivity index (χ2n) is 7.48. The smallest absolute Gasteiger partial charge is 0.336 e. The number of benzene rings is 2. The van der Waals surface area contributed by atoms with Crippen molar-refractivity contribution in [1.29, 1.82) is 5.26 Å². The minimum absolute atomic E-state index is 0.0942. The summed E-state index contributed by atoms with van der Waals surface area (Å²) in [5, 5.41) is 25.0. The number of unbranched alkanes of at least 4 members (excludes halogenated alkanes) is 1. The Kier molecular flexibility index (Phi) is 5.81. The number of H-pyrrole nitrogens is 1. The topological polar surface area (TPSA) is 125 Å². The number of fused-ring (bicyclic) bond motifs is 1. The van der Waals surface area contributed by atoms with Crippen LogP contribution in [0.3, 0.4) is 0 Å². The zero-order valence-electron chi connectivity index (χ0n) is 17.5. The number of carboxylic acid groups (broad SMARTS) is 1. The summed E-state index contributed by atoms with van der Waals surface area (Å²) >= 11 is 0. The molecule has 2 aromatic carbocycles. The van der Waals surface area contributed by atoms with Crippen LogP contribution in [-0.2, 0) is 13.0 Å². The Hall–Kier alpha value is -4.25. The Morgan fingerprint density at radius 3 is 2.62 bits per heavy atom. The fourth-order valence-corrected chi connectivity index (χ4v) is 3.77. The molecule has 160 valence electrons. The molecule has 0 unspecified atom stereocenters.